The molecule has 0 saturated heterocycles. The summed E-state index contributed by atoms with van der Waals surface area (Å²) in [5.74, 6) is 0. The van der Waals surface area contributed by atoms with Gasteiger partial charge in [-0.1, -0.05) is 22.9 Å². The summed E-state index contributed by atoms with van der Waals surface area (Å²) in [4.78, 5) is 10.4. The van der Waals surface area contributed by atoms with Gasteiger partial charge in [-0.05, 0) is 12.1 Å². The van der Waals surface area contributed by atoms with E-state index in [0.717, 1.165) is 16.0 Å². The molecular weight excluding hydrogens is 184 g/mol. The third-order valence-corrected chi connectivity index (χ3v) is 2.24. The van der Waals surface area contributed by atoms with Crippen LogP contribution in [0.5, 0.6) is 0 Å². The van der Waals surface area contributed by atoms with Gasteiger partial charge in [0, 0.05) is 6.07 Å². The van der Waals surface area contributed by atoms with Gasteiger partial charge in [0.15, 0.2) is 0 Å². The molecule has 4 heteroatoms. The van der Waals surface area contributed by atoms with E-state index in [1.165, 1.54) is 0 Å². The molecule has 0 fully saturated rings. The minimum absolute atomic E-state index is 0.310. The molecule has 1 aromatic heterocycles. The maximum absolute atomic E-state index is 10.7. The van der Waals surface area contributed by atoms with Crippen LogP contribution >= 0.6 is 22.9 Å². The molecule has 0 saturated carbocycles. The van der Waals surface area contributed by atoms with E-state index in [9.17, 15) is 4.79 Å². The Hall–Kier alpha value is -0.800. The molecule has 1 aromatic carbocycles. The van der Waals surface area contributed by atoms with E-state index < -0.39 is 0 Å². The Bertz CT molecular complexity index is 443. The molecule has 0 aliphatic heterocycles. The van der Waals surface area contributed by atoms with Crippen molar-refractivity contribution in [2.45, 2.75) is 0 Å². The largest absolute Gasteiger partial charge is 0.414 e. The third kappa shape index (κ3) is 1.17. The van der Waals surface area contributed by atoms with Crippen molar-refractivity contribution >= 4 is 33.2 Å². The highest BCUT2D eigenvalue weighted by molar-refractivity contribution is 7.16. The second kappa shape index (κ2) is 2.36. The van der Waals surface area contributed by atoms with Crippen molar-refractivity contribution < 1.29 is 4.42 Å². The molecule has 2 rings (SSSR count). The Morgan fingerprint density at radius 3 is 3.27 bits per heavy atom. The zero-order chi connectivity index (χ0) is 7.84. The fourth-order valence-corrected chi connectivity index (χ4v) is 1.71. The SMILES string of the molecule is O=c1oc2c[c]c(Cl)cc2s1. The molecule has 0 spiro atoms. The number of hydrogen-bond acceptors (Lipinski definition) is 3. The minimum atomic E-state index is -0.310. The molecule has 0 atom stereocenters. The molecule has 1 heterocycles. The standard InChI is InChI=1S/C7H2ClO2S/c8-4-1-2-5-6(3-4)11-7(9)10-5/h2-3H. The third-order valence-electron chi connectivity index (χ3n) is 1.23. The van der Waals surface area contributed by atoms with Crippen LogP contribution in [0.4, 0.5) is 0 Å². The average molecular weight is 186 g/mol. The highest BCUT2D eigenvalue weighted by atomic mass is 35.5. The molecule has 2 nitrogen and oxygen atoms in total. The molecular formula is C7H2ClO2S. The fourth-order valence-electron chi connectivity index (χ4n) is 0.793. The normalized spacial score (nSPS) is 10.6. The van der Waals surface area contributed by atoms with Gasteiger partial charge < -0.3 is 4.42 Å². The van der Waals surface area contributed by atoms with Crippen LogP contribution in [0.15, 0.2) is 21.3 Å². The Morgan fingerprint density at radius 1 is 1.64 bits per heavy atom. The molecule has 0 unspecified atom stereocenters. The van der Waals surface area contributed by atoms with Crippen molar-refractivity contribution in [3.05, 3.63) is 33.0 Å². The van der Waals surface area contributed by atoms with E-state index >= 15 is 0 Å². The molecule has 2 aromatic rings. The van der Waals surface area contributed by atoms with Crippen molar-refractivity contribution in [3.8, 4) is 0 Å². The Kier molecular flexibility index (Phi) is 1.47. The first-order valence-corrected chi connectivity index (χ1v) is 4.06. The van der Waals surface area contributed by atoms with E-state index in [1.54, 1.807) is 12.1 Å². The Labute approximate surface area is 71.0 Å². The summed E-state index contributed by atoms with van der Waals surface area (Å²) in [6.45, 7) is 0. The smallest absolute Gasteiger partial charge is 0.396 e. The van der Waals surface area contributed by atoms with Crippen molar-refractivity contribution in [3.63, 3.8) is 0 Å². The van der Waals surface area contributed by atoms with Crippen LogP contribution < -0.4 is 4.94 Å². The second-order valence-corrected chi connectivity index (χ2v) is 3.35. The fraction of sp³-hybridized carbons (Fsp3) is 0. The molecule has 0 aliphatic carbocycles. The predicted molar refractivity (Wildman–Crippen MR) is 44.2 cm³/mol. The first-order valence-electron chi connectivity index (χ1n) is 2.86. The summed E-state index contributed by atoms with van der Waals surface area (Å²) in [5.41, 5.74) is 0.546. The molecule has 11 heavy (non-hydrogen) atoms. The Morgan fingerprint density at radius 2 is 2.45 bits per heavy atom. The van der Waals surface area contributed by atoms with Gasteiger partial charge in [0.1, 0.15) is 5.58 Å². The van der Waals surface area contributed by atoms with Crippen LogP contribution in [0.2, 0.25) is 5.02 Å². The number of halogens is 1. The summed E-state index contributed by atoms with van der Waals surface area (Å²) in [7, 11) is 0. The number of fused-ring (bicyclic) bond motifs is 1. The van der Waals surface area contributed by atoms with Crippen molar-refractivity contribution in [1.82, 2.24) is 0 Å². The monoisotopic (exact) mass is 185 g/mol. The van der Waals surface area contributed by atoms with Gasteiger partial charge in [-0.15, -0.1) is 0 Å². The zero-order valence-electron chi connectivity index (χ0n) is 5.26. The number of benzene rings is 1. The van der Waals surface area contributed by atoms with E-state index in [1.807, 2.05) is 0 Å². The summed E-state index contributed by atoms with van der Waals surface area (Å²) in [6, 6.07) is 5.95. The highest BCUT2D eigenvalue weighted by Gasteiger charge is 2.00. The molecule has 0 amide bonds. The molecule has 0 bridgehead atoms. The minimum Gasteiger partial charge on any atom is -0.414 e. The van der Waals surface area contributed by atoms with Crippen LogP contribution in [-0.4, -0.2) is 0 Å². The van der Waals surface area contributed by atoms with E-state index in [0.29, 0.717) is 10.6 Å². The molecule has 1 radical (unpaired) electrons. The first-order chi connectivity index (χ1) is 5.25. The summed E-state index contributed by atoms with van der Waals surface area (Å²) in [5, 5.41) is 0.495. The maximum atomic E-state index is 10.7. The predicted octanol–water partition coefficient (Wildman–Crippen LogP) is 2.31. The van der Waals surface area contributed by atoms with Crippen molar-refractivity contribution in [2.24, 2.45) is 0 Å². The van der Waals surface area contributed by atoms with Gasteiger partial charge in [0.05, 0.1) is 9.72 Å². The summed E-state index contributed by atoms with van der Waals surface area (Å²) in [6.07, 6.45) is 0. The van der Waals surface area contributed by atoms with Gasteiger partial charge in [-0.25, -0.2) is 4.79 Å². The summed E-state index contributed by atoms with van der Waals surface area (Å²) >= 11 is 6.67. The lowest BCUT2D eigenvalue weighted by Crippen LogP contribution is -1.79. The second-order valence-electron chi connectivity index (χ2n) is 1.96. The van der Waals surface area contributed by atoms with Gasteiger partial charge >= 0.3 is 4.94 Å². The summed E-state index contributed by atoms with van der Waals surface area (Å²) < 4.78 is 5.56. The van der Waals surface area contributed by atoms with Gasteiger partial charge in [0.25, 0.3) is 0 Å². The van der Waals surface area contributed by atoms with Crippen LogP contribution in [0.1, 0.15) is 0 Å². The number of hydrogen-bond donors (Lipinski definition) is 0. The molecule has 0 N–H and O–H groups in total. The average Bonchev–Trinajstić information content (AvgIpc) is 2.27. The molecule has 0 aliphatic rings. The van der Waals surface area contributed by atoms with Gasteiger partial charge in [-0.3, -0.25) is 0 Å². The van der Waals surface area contributed by atoms with Gasteiger partial charge in [0.2, 0.25) is 0 Å². The lowest BCUT2D eigenvalue weighted by Gasteiger charge is -1.84. The Balaban J connectivity index is 2.92. The molecule has 55 valence electrons. The van der Waals surface area contributed by atoms with Crippen LogP contribution in [0.3, 0.4) is 0 Å². The van der Waals surface area contributed by atoms with Crippen LogP contribution in [0.25, 0.3) is 10.3 Å². The lowest BCUT2D eigenvalue weighted by atomic mass is 10.3. The highest BCUT2D eigenvalue weighted by Crippen LogP contribution is 2.20. The van der Waals surface area contributed by atoms with Gasteiger partial charge in [-0.2, -0.15) is 0 Å². The lowest BCUT2D eigenvalue weighted by molar-refractivity contribution is 0.585. The van der Waals surface area contributed by atoms with E-state index in [4.69, 9.17) is 16.0 Å². The topological polar surface area (TPSA) is 30.2 Å². The quantitative estimate of drug-likeness (QED) is 0.631. The van der Waals surface area contributed by atoms with Crippen molar-refractivity contribution in [1.29, 1.82) is 0 Å². The van der Waals surface area contributed by atoms with Crippen LogP contribution in [-0.2, 0) is 0 Å². The van der Waals surface area contributed by atoms with Crippen LogP contribution in [0, 0.1) is 6.07 Å². The first kappa shape index (κ1) is 6.88. The number of rotatable bonds is 0. The van der Waals surface area contributed by atoms with E-state index in [2.05, 4.69) is 6.07 Å². The van der Waals surface area contributed by atoms with Crippen molar-refractivity contribution in [2.75, 3.05) is 0 Å². The van der Waals surface area contributed by atoms with E-state index in [-0.39, 0.29) is 4.94 Å². The zero-order valence-corrected chi connectivity index (χ0v) is 6.83. The maximum Gasteiger partial charge on any atom is 0.396 e.